The van der Waals surface area contributed by atoms with Crippen LogP contribution in [0.4, 0.5) is 10.3 Å². The number of rotatable bonds is 2. The van der Waals surface area contributed by atoms with E-state index in [1.54, 1.807) is 30.3 Å². The Bertz CT molecular complexity index is 817. The first-order chi connectivity index (χ1) is 10.1. The van der Waals surface area contributed by atoms with Gasteiger partial charge in [0.15, 0.2) is 0 Å². The van der Waals surface area contributed by atoms with Crippen molar-refractivity contribution in [1.82, 2.24) is 5.16 Å². The van der Waals surface area contributed by atoms with Crippen molar-refractivity contribution in [2.24, 2.45) is 0 Å². The maximum Gasteiger partial charge on any atom is 0.230 e. The Hall–Kier alpha value is -2.04. The van der Waals surface area contributed by atoms with Crippen LogP contribution >= 0.6 is 23.2 Å². The van der Waals surface area contributed by atoms with Crippen molar-refractivity contribution >= 4 is 29.1 Å². The minimum Gasteiger partial charge on any atom is -0.367 e. The average molecular weight is 323 g/mol. The Balaban J connectivity index is 2.22. The number of hydrogen-bond donors (Lipinski definition) is 1. The summed E-state index contributed by atoms with van der Waals surface area (Å²) in [7, 11) is 0. The summed E-state index contributed by atoms with van der Waals surface area (Å²) in [6.07, 6.45) is 0. The first-order valence-corrected chi connectivity index (χ1v) is 6.78. The lowest BCUT2D eigenvalue weighted by Crippen LogP contribution is -1.90. The third-order valence-corrected chi connectivity index (χ3v) is 3.49. The fourth-order valence-electron chi connectivity index (χ4n) is 2.09. The van der Waals surface area contributed by atoms with Crippen LogP contribution in [0.2, 0.25) is 10.0 Å². The maximum atomic E-state index is 14.1. The van der Waals surface area contributed by atoms with E-state index in [4.69, 9.17) is 33.5 Å². The van der Waals surface area contributed by atoms with Crippen LogP contribution in [0.15, 0.2) is 47.0 Å². The molecule has 0 fully saturated rings. The predicted octanol–water partition coefficient (Wildman–Crippen LogP) is 5.04. The minimum absolute atomic E-state index is 0.0987. The molecule has 3 nitrogen and oxygen atoms in total. The minimum atomic E-state index is -0.501. The SMILES string of the molecule is Nc1onc(-c2ccc(Cl)cc2F)c1-c1cccc(Cl)c1. The average Bonchev–Trinajstić information content (AvgIpc) is 2.80. The van der Waals surface area contributed by atoms with Crippen molar-refractivity contribution < 1.29 is 8.91 Å². The zero-order valence-corrected chi connectivity index (χ0v) is 12.1. The number of aromatic nitrogens is 1. The van der Waals surface area contributed by atoms with Crippen molar-refractivity contribution in [3.63, 3.8) is 0 Å². The number of halogens is 3. The van der Waals surface area contributed by atoms with Gasteiger partial charge in [0.25, 0.3) is 0 Å². The second-order valence-electron chi connectivity index (χ2n) is 4.40. The van der Waals surface area contributed by atoms with E-state index >= 15 is 0 Å². The van der Waals surface area contributed by atoms with Gasteiger partial charge in [-0.2, -0.15) is 0 Å². The van der Waals surface area contributed by atoms with Crippen LogP contribution in [-0.2, 0) is 0 Å². The number of nitrogens with two attached hydrogens (primary N) is 1. The topological polar surface area (TPSA) is 52.0 Å². The van der Waals surface area contributed by atoms with Gasteiger partial charge in [-0.1, -0.05) is 40.5 Å². The molecule has 0 saturated carbocycles. The molecule has 0 saturated heterocycles. The van der Waals surface area contributed by atoms with Crippen molar-refractivity contribution in [2.75, 3.05) is 5.73 Å². The Morgan fingerprint density at radius 1 is 1.05 bits per heavy atom. The number of hydrogen-bond acceptors (Lipinski definition) is 3. The zero-order valence-electron chi connectivity index (χ0n) is 10.6. The van der Waals surface area contributed by atoms with Crippen LogP contribution in [0, 0.1) is 5.82 Å². The molecule has 6 heteroatoms. The fourth-order valence-corrected chi connectivity index (χ4v) is 2.44. The zero-order chi connectivity index (χ0) is 15.0. The molecular weight excluding hydrogens is 314 g/mol. The second kappa shape index (κ2) is 5.39. The summed E-state index contributed by atoms with van der Waals surface area (Å²) in [6.45, 7) is 0. The molecular formula is C15H9Cl2FN2O. The predicted molar refractivity (Wildman–Crippen MR) is 81.8 cm³/mol. The molecule has 0 radical (unpaired) electrons. The summed E-state index contributed by atoms with van der Waals surface area (Å²) in [6, 6.07) is 11.3. The molecule has 0 aliphatic rings. The first-order valence-electron chi connectivity index (χ1n) is 6.03. The number of nitrogens with zero attached hydrogens (tertiary/aromatic N) is 1. The van der Waals surface area contributed by atoms with Crippen molar-refractivity contribution in [3.8, 4) is 22.4 Å². The molecule has 1 aromatic heterocycles. The van der Waals surface area contributed by atoms with E-state index in [9.17, 15) is 4.39 Å². The van der Waals surface area contributed by atoms with E-state index in [1.165, 1.54) is 12.1 Å². The Morgan fingerprint density at radius 2 is 1.81 bits per heavy atom. The van der Waals surface area contributed by atoms with Crippen molar-refractivity contribution in [3.05, 3.63) is 58.3 Å². The highest BCUT2D eigenvalue weighted by atomic mass is 35.5. The fraction of sp³-hybridized carbons (Fsp3) is 0. The van der Waals surface area contributed by atoms with E-state index in [-0.39, 0.29) is 11.4 Å². The van der Waals surface area contributed by atoms with Gasteiger partial charge in [-0.3, -0.25) is 0 Å². The van der Waals surface area contributed by atoms with Crippen LogP contribution in [0.5, 0.6) is 0 Å². The monoisotopic (exact) mass is 322 g/mol. The summed E-state index contributed by atoms with van der Waals surface area (Å²) >= 11 is 11.7. The lowest BCUT2D eigenvalue weighted by molar-refractivity contribution is 0.439. The molecule has 106 valence electrons. The highest BCUT2D eigenvalue weighted by Gasteiger charge is 2.20. The summed E-state index contributed by atoms with van der Waals surface area (Å²) in [5.74, 6) is -0.402. The highest BCUT2D eigenvalue weighted by Crippen LogP contribution is 2.38. The van der Waals surface area contributed by atoms with Crippen LogP contribution in [-0.4, -0.2) is 5.16 Å². The Labute approximate surface area is 130 Å². The Kier molecular flexibility index (Phi) is 3.57. The smallest absolute Gasteiger partial charge is 0.230 e. The molecule has 3 rings (SSSR count). The van der Waals surface area contributed by atoms with E-state index < -0.39 is 5.82 Å². The van der Waals surface area contributed by atoms with Gasteiger partial charge in [0.1, 0.15) is 11.5 Å². The van der Waals surface area contributed by atoms with Crippen LogP contribution < -0.4 is 5.73 Å². The van der Waals surface area contributed by atoms with Crippen molar-refractivity contribution in [2.45, 2.75) is 0 Å². The molecule has 0 aliphatic heterocycles. The molecule has 1 heterocycles. The van der Waals surface area contributed by atoms with Crippen LogP contribution in [0.3, 0.4) is 0 Å². The van der Waals surface area contributed by atoms with Gasteiger partial charge < -0.3 is 10.3 Å². The Morgan fingerprint density at radius 3 is 2.52 bits per heavy atom. The van der Waals surface area contributed by atoms with Crippen molar-refractivity contribution in [1.29, 1.82) is 0 Å². The normalized spacial score (nSPS) is 10.8. The van der Waals surface area contributed by atoms with E-state index in [2.05, 4.69) is 5.16 Å². The third kappa shape index (κ3) is 2.60. The number of anilines is 1. The summed E-state index contributed by atoms with van der Waals surface area (Å²) in [5, 5.41) is 4.70. The molecule has 0 spiro atoms. The molecule has 0 amide bonds. The number of benzene rings is 2. The largest absolute Gasteiger partial charge is 0.367 e. The summed E-state index contributed by atoms with van der Waals surface area (Å²) < 4.78 is 19.1. The van der Waals surface area contributed by atoms with Gasteiger partial charge in [0, 0.05) is 15.6 Å². The molecule has 0 atom stereocenters. The quantitative estimate of drug-likeness (QED) is 0.719. The standard InChI is InChI=1S/C15H9Cl2FN2O/c16-9-3-1-2-8(6-9)13-14(20-21-15(13)19)11-5-4-10(17)7-12(11)18/h1-7H,19H2. The maximum absolute atomic E-state index is 14.1. The molecule has 0 bridgehead atoms. The molecule has 0 unspecified atom stereocenters. The van der Waals surface area contributed by atoms with Gasteiger partial charge >= 0.3 is 0 Å². The summed E-state index contributed by atoms with van der Waals surface area (Å²) in [5.41, 5.74) is 7.59. The molecule has 2 N–H and O–H groups in total. The van der Waals surface area contributed by atoms with Gasteiger partial charge in [-0.15, -0.1) is 0 Å². The van der Waals surface area contributed by atoms with E-state index in [0.717, 1.165) is 0 Å². The lowest BCUT2D eigenvalue weighted by Gasteiger charge is -2.05. The second-order valence-corrected chi connectivity index (χ2v) is 5.28. The van der Waals surface area contributed by atoms with E-state index in [1.807, 2.05) is 0 Å². The van der Waals surface area contributed by atoms with Crippen LogP contribution in [0.1, 0.15) is 0 Å². The first kappa shape index (κ1) is 13.9. The molecule has 0 aliphatic carbocycles. The van der Waals surface area contributed by atoms with E-state index in [0.29, 0.717) is 26.9 Å². The van der Waals surface area contributed by atoms with Gasteiger partial charge in [-0.25, -0.2) is 4.39 Å². The van der Waals surface area contributed by atoms with Crippen LogP contribution in [0.25, 0.3) is 22.4 Å². The molecule has 2 aromatic carbocycles. The van der Waals surface area contributed by atoms with Gasteiger partial charge in [-0.05, 0) is 35.9 Å². The summed E-state index contributed by atoms with van der Waals surface area (Å²) in [4.78, 5) is 0. The highest BCUT2D eigenvalue weighted by molar-refractivity contribution is 6.31. The van der Waals surface area contributed by atoms with Gasteiger partial charge in [0.2, 0.25) is 5.88 Å². The lowest BCUT2D eigenvalue weighted by atomic mass is 10.0. The third-order valence-electron chi connectivity index (χ3n) is 3.02. The molecule has 21 heavy (non-hydrogen) atoms. The molecule has 3 aromatic rings. The van der Waals surface area contributed by atoms with Gasteiger partial charge in [0.05, 0.1) is 5.56 Å². The number of nitrogen functional groups attached to an aromatic ring is 1.